The first kappa shape index (κ1) is 13.1. The molecule has 4 heteroatoms. The standard InChI is InChI=1S/C16H20N4/c1-12-4-3-5-14(8-12)15-10-18-16(19-11-15)20-7-6-17-9-13(20)2/h3-5,8,10-11,13,17H,6-7,9H2,1-2H3. The zero-order chi connectivity index (χ0) is 13.9. The smallest absolute Gasteiger partial charge is 0.225 e. The SMILES string of the molecule is Cc1cccc(-c2cnc(N3CCNCC3C)nc2)c1. The van der Waals surface area contributed by atoms with Crippen LogP contribution in [0.25, 0.3) is 11.1 Å². The van der Waals surface area contributed by atoms with Crippen LogP contribution < -0.4 is 10.2 Å². The highest BCUT2D eigenvalue weighted by molar-refractivity contribution is 5.62. The van der Waals surface area contributed by atoms with Crippen LogP contribution in [0.2, 0.25) is 0 Å². The third-order valence-electron chi connectivity index (χ3n) is 3.75. The number of anilines is 1. The van der Waals surface area contributed by atoms with Crippen LogP contribution in [0.3, 0.4) is 0 Å². The fourth-order valence-corrected chi connectivity index (χ4v) is 2.58. The minimum Gasteiger partial charge on any atom is -0.336 e. The molecule has 20 heavy (non-hydrogen) atoms. The number of benzene rings is 1. The summed E-state index contributed by atoms with van der Waals surface area (Å²) in [5.41, 5.74) is 3.49. The maximum Gasteiger partial charge on any atom is 0.225 e. The number of aryl methyl sites for hydroxylation is 1. The van der Waals surface area contributed by atoms with Crippen LogP contribution in [-0.2, 0) is 0 Å². The van der Waals surface area contributed by atoms with Crippen molar-refractivity contribution < 1.29 is 0 Å². The highest BCUT2D eigenvalue weighted by atomic mass is 15.3. The third-order valence-corrected chi connectivity index (χ3v) is 3.75. The van der Waals surface area contributed by atoms with Gasteiger partial charge in [0, 0.05) is 43.6 Å². The van der Waals surface area contributed by atoms with Crippen LogP contribution in [0, 0.1) is 6.92 Å². The molecule has 1 saturated heterocycles. The molecule has 104 valence electrons. The van der Waals surface area contributed by atoms with Crippen LogP contribution in [-0.4, -0.2) is 35.6 Å². The van der Waals surface area contributed by atoms with Crippen molar-refractivity contribution in [1.29, 1.82) is 0 Å². The first-order valence-electron chi connectivity index (χ1n) is 7.10. The first-order valence-corrected chi connectivity index (χ1v) is 7.10. The predicted molar refractivity (Wildman–Crippen MR) is 81.9 cm³/mol. The normalized spacial score (nSPS) is 19.1. The number of rotatable bonds is 2. The third kappa shape index (κ3) is 2.65. The Morgan fingerprint density at radius 3 is 2.70 bits per heavy atom. The number of piperazine rings is 1. The molecular weight excluding hydrogens is 248 g/mol. The number of hydrogen-bond acceptors (Lipinski definition) is 4. The molecule has 0 aliphatic carbocycles. The second-order valence-corrected chi connectivity index (χ2v) is 5.39. The van der Waals surface area contributed by atoms with Gasteiger partial charge in [-0.2, -0.15) is 0 Å². The fraction of sp³-hybridized carbons (Fsp3) is 0.375. The summed E-state index contributed by atoms with van der Waals surface area (Å²) in [4.78, 5) is 11.4. The Morgan fingerprint density at radius 1 is 1.20 bits per heavy atom. The van der Waals surface area contributed by atoms with Gasteiger partial charge in [0.15, 0.2) is 0 Å². The lowest BCUT2D eigenvalue weighted by Gasteiger charge is -2.33. The van der Waals surface area contributed by atoms with Crippen molar-refractivity contribution >= 4 is 5.95 Å². The van der Waals surface area contributed by atoms with Gasteiger partial charge in [-0.1, -0.05) is 29.8 Å². The van der Waals surface area contributed by atoms with E-state index in [9.17, 15) is 0 Å². The van der Waals surface area contributed by atoms with Crippen LogP contribution >= 0.6 is 0 Å². The van der Waals surface area contributed by atoms with E-state index in [1.54, 1.807) is 0 Å². The summed E-state index contributed by atoms with van der Waals surface area (Å²) in [7, 11) is 0. The quantitative estimate of drug-likeness (QED) is 0.907. The molecule has 1 fully saturated rings. The van der Waals surface area contributed by atoms with Crippen LogP contribution in [0.5, 0.6) is 0 Å². The van der Waals surface area contributed by atoms with Gasteiger partial charge in [0.2, 0.25) is 5.95 Å². The second-order valence-electron chi connectivity index (χ2n) is 5.39. The molecule has 2 heterocycles. The van der Waals surface area contributed by atoms with E-state index in [1.165, 1.54) is 11.1 Å². The average molecular weight is 268 g/mol. The molecule has 1 aromatic carbocycles. The average Bonchev–Trinajstić information content (AvgIpc) is 2.48. The van der Waals surface area contributed by atoms with E-state index in [0.717, 1.165) is 31.1 Å². The molecule has 2 aromatic rings. The monoisotopic (exact) mass is 268 g/mol. The Morgan fingerprint density at radius 2 is 2.00 bits per heavy atom. The largest absolute Gasteiger partial charge is 0.336 e. The summed E-state index contributed by atoms with van der Waals surface area (Å²) in [6.45, 7) is 7.24. The van der Waals surface area contributed by atoms with Gasteiger partial charge in [-0.3, -0.25) is 0 Å². The molecule has 0 radical (unpaired) electrons. The van der Waals surface area contributed by atoms with Gasteiger partial charge >= 0.3 is 0 Å². The number of aromatic nitrogens is 2. The maximum atomic E-state index is 4.55. The number of nitrogens with zero attached hydrogens (tertiary/aromatic N) is 3. The first-order chi connectivity index (χ1) is 9.74. The van der Waals surface area contributed by atoms with Crippen molar-refractivity contribution in [1.82, 2.24) is 15.3 Å². The fourth-order valence-electron chi connectivity index (χ4n) is 2.58. The van der Waals surface area contributed by atoms with Gasteiger partial charge in [-0.15, -0.1) is 0 Å². The molecule has 0 saturated carbocycles. The number of hydrogen-bond donors (Lipinski definition) is 1. The lowest BCUT2D eigenvalue weighted by molar-refractivity contribution is 0.493. The van der Waals surface area contributed by atoms with Crippen molar-refractivity contribution in [2.75, 3.05) is 24.5 Å². The predicted octanol–water partition coefficient (Wildman–Crippen LogP) is 2.25. The van der Waals surface area contributed by atoms with E-state index in [1.807, 2.05) is 12.4 Å². The summed E-state index contributed by atoms with van der Waals surface area (Å²) in [6.07, 6.45) is 3.84. The van der Waals surface area contributed by atoms with Crippen LogP contribution in [0.4, 0.5) is 5.95 Å². The molecular formula is C16H20N4. The maximum absolute atomic E-state index is 4.55. The Hall–Kier alpha value is -1.94. The molecule has 1 aliphatic rings. The summed E-state index contributed by atoms with van der Waals surface area (Å²) < 4.78 is 0. The Labute approximate surface area is 119 Å². The lowest BCUT2D eigenvalue weighted by atomic mass is 10.1. The van der Waals surface area contributed by atoms with Crippen LogP contribution in [0.1, 0.15) is 12.5 Å². The van der Waals surface area contributed by atoms with E-state index in [2.05, 4.69) is 58.3 Å². The van der Waals surface area contributed by atoms with E-state index in [0.29, 0.717) is 6.04 Å². The summed E-state index contributed by atoms with van der Waals surface area (Å²) in [5.74, 6) is 0.829. The van der Waals surface area contributed by atoms with Crippen molar-refractivity contribution in [3.63, 3.8) is 0 Å². The number of nitrogens with one attached hydrogen (secondary N) is 1. The molecule has 1 aliphatic heterocycles. The van der Waals surface area contributed by atoms with Gasteiger partial charge < -0.3 is 10.2 Å². The summed E-state index contributed by atoms with van der Waals surface area (Å²) in [5, 5.41) is 3.38. The molecule has 4 nitrogen and oxygen atoms in total. The topological polar surface area (TPSA) is 41.1 Å². The minimum atomic E-state index is 0.438. The zero-order valence-corrected chi connectivity index (χ0v) is 12.0. The lowest BCUT2D eigenvalue weighted by Crippen LogP contribution is -2.50. The van der Waals surface area contributed by atoms with E-state index in [-0.39, 0.29) is 0 Å². The molecule has 0 bridgehead atoms. The van der Waals surface area contributed by atoms with E-state index < -0.39 is 0 Å². The summed E-state index contributed by atoms with van der Waals surface area (Å²) >= 11 is 0. The molecule has 0 amide bonds. The van der Waals surface area contributed by atoms with Gasteiger partial charge in [0.1, 0.15) is 0 Å². The minimum absolute atomic E-state index is 0.438. The second kappa shape index (κ2) is 5.59. The molecule has 0 spiro atoms. The van der Waals surface area contributed by atoms with Crippen LogP contribution in [0.15, 0.2) is 36.7 Å². The molecule has 1 atom stereocenters. The summed E-state index contributed by atoms with van der Waals surface area (Å²) in [6, 6.07) is 8.86. The molecule has 1 N–H and O–H groups in total. The van der Waals surface area contributed by atoms with Gasteiger partial charge in [-0.05, 0) is 19.4 Å². The Kier molecular flexibility index (Phi) is 3.65. The molecule has 1 unspecified atom stereocenters. The highest BCUT2D eigenvalue weighted by Gasteiger charge is 2.20. The van der Waals surface area contributed by atoms with Crippen molar-refractivity contribution in [3.8, 4) is 11.1 Å². The van der Waals surface area contributed by atoms with Gasteiger partial charge in [-0.25, -0.2) is 9.97 Å². The van der Waals surface area contributed by atoms with Crippen molar-refractivity contribution in [2.45, 2.75) is 19.9 Å². The Bertz CT molecular complexity index is 579. The molecule has 3 rings (SSSR count). The zero-order valence-electron chi connectivity index (χ0n) is 12.0. The Balaban J connectivity index is 1.84. The van der Waals surface area contributed by atoms with Gasteiger partial charge in [0.25, 0.3) is 0 Å². The van der Waals surface area contributed by atoms with Gasteiger partial charge in [0.05, 0.1) is 0 Å². The van der Waals surface area contributed by atoms with Crippen molar-refractivity contribution in [3.05, 3.63) is 42.2 Å². The highest BCUT2D eigenvalue weighted by Crippen LogP contribution is 2.20. The molecule has 1 aromatic heterocycles. The van der Waals surface area contributed by atoms with E-state index in [4.69, 9.17) is 0 Å². The van der Waals surface area contributed by atoms with E-state index >= 15 is 0 Å². The van der Waals surface area contributed by atoms with Crippen molar-refractivity contribution in [2.24, 2.45) is 0 Å².